The Balaban J connectivity index is 4.16. The zero-order chi connectivity index (χ0) is 18.0. The van der Waals surface area contributed by atoms with Gasteiger partial charge in [0.05, 0.1) is 0 Å². The minimum absolute atomic E-state index is 0.541. The molecule has 0 aliphatic carbocycles. The summed E-state index contributed by atoms with van der Waals surface area (Å²) in [4.78, 5) is 0. The van der Waals surface area contributed by atoms with Crippen LogP contribution in [0.15, 0.2) is 0 Å². The Morgan fingerprint density at radius 2 is 1.35 bits per heavy atom. The van der Waals surface area contributed by atoms with Gasteiger partial charge in [-0.3, -0.25) is 0 Å². The Labute approximate surface area is 149 Å². The van der Waals surface area contributed by atoms with Gasteiger partial charge >= 0.3 is 0 Å². The van der Waals surface area contributed by atoms with E-state index in [4.69, 9.17) is 0 Å². The number of hydrogen-bond donors (Lipinski definition) is 0. The summed E-state index contributed by atoms with van der Waals surface area (Å²) in [5.41, 5.74) is 0.541. The molecule has 5 atom stereocenters. The summed E-state index contributed by atoms with van der Waals surface area (Å²) in [5, 5.41) is 0. The Morgan fingerprint density at radius 3 is 1.83 bits per heavy atom. The van der Waals surface area contributed by atoms with Crippen LogP contribution in [0.4, 0.5) is 0 Å². The molecule has 0 spiro atoms. The lowest BCUT2D eigenvalue weighted by Crippen LogP contribution is -2.19. The van der Waals surface area contributed by atoms with Crippen molar-refractivity contribution >= 4 is 0 Å². The first-order valence-corrected chi connectivity index (χ1v) is 10.7. The monoisotopic (exact) mass is 324 g/mol. The number of hydrogen-bond acceptors (Lipinski definition) is 0. The van der Waals surface area contributed by atoms with Crippen LogP contribution in [-0.2, 0) is 0 Å². The molecule has 0 radical (unpaired) electrons. The summed E-state index contributed by atoms with van der Waals surface area (Å²) in [6.07, 6.45) is 11.1. The van der Waals surface area contributed by atoms with E-state index in [1.807, 2.05) is 0 Å². The highest BCUT2D eigenvalue weighted by Crippen LogP contribution is 2.33. The van der Waals surface area contributed by atoms with Crippen molar-refractivity contribution in [1.82, 2.24) is 0 Å². The largest absolute Gasteiger partial charge is 0.0651 e. The molecule has 0 heteroatoms. The van der Waals surface area contributed by atoms with E-state index < -0.39 is 0 Å². The average molecular weight is 325 g/mol. The van der Waals surface area contributed by atoms with Crippen LogP contribution in [0, 0.1) is 35.0 Å². The minimum atomic E-state index is 0.541. The van der Waals surface area contributed by atoms with Crippen LogP contribution in [0.25, 0.3) is 0 Å². The van der Waals surface area contributed by atoms with E-state index in [9.17, 15) is 0 Å². The Morgan fingerprint density at radius 1 is 0.739 bits per heavy atom. The van der Waals surface area contributed by atoms with Crippen LogP contribution >= 0.6 is 0 Å². The summed E-state index contributed by atoms with van der Waals surface area (Å²) in [6, 6.07) is 0. The van der Waals surface area contributed by atoms with Crippen molar-refractivity contribution in [2.45, 2.75) is 114 Å². The smallest absolute Gasteiger partial charge is 0.0357 e. The topological polar surface area (TPSA) is 0 Å². The predicted octanol–water partition coefficient (Wildman–Crippen LogP) is 8.35. The summed E-state index contributed by atoms with van der Waals surface area (Å²) in [7, 11) is 0. The maximum Gasteiger partial charge on any atom is -0.0357 e. The lowest BCUT2D eigenvalue weighted by molar-refractivity contribution is 0.221. The quantitative estimate of drug-likeness (QED) is 0.319. The molecule has 0 bridgehead atoms. The third-order valence-corrected chi connectivity index (χ3v) is 7.04. The molecule has 0 amide bonds. The first-order chi connectivity index (χ1) is 10.7. The number of rotatable bonds is 13. The van der Waals surface area contributed by atoms with E-state index in [-0.39, 0.29) is 0 Å². The molecule has 0 N–H and O–H groups in total. The van der Waals surface area contributed by atoms with E-state index in [1.54, 1.807) is 0 Å². The Hall–Kier alpha value is 0. The molecular weight excluding hydrogens is 276 g/mol. The molecule has 0 saturated heterocycles. The van der Waals surface area contributed by atoms with Crippen LogP contribution in [0.5, 0.6) is 0 Å². The van der Waals surface area contributed by atoms with Crippen LogP contribution in [-0.4, -0.2) is 0 Å². The molecule has 140 valence electrons. The van der Waals surface area contributed by atoms with E-state index in [0.717, 1.165) is 29.6 Å². The van der Waals surface area contributed by atoms with Gasteiger partial charge in [-0.05, 0) is 54.3 Å². The second kappa shape index (κ2) is 11.5. The van der Waals surface area contributed by atoms with E-state index >= 15 is 0 Å². The Bertz CT molecular complexity index is 278. The van der Waals surface area contributed by atoms with Crippen molar-refractivity contribution in [3.8, 4) is 0 Å². The van der Waals surface area contributed by atoms with E-state index in [1.165, 1.54) is 51.4 Å². The van der Waals surface area contributed by atoms with Crippen LogP contribution in [0.2, 0.25) is 0 Å². The Kier molecular flexibility index (Phi) is 11.5. The summed E-state index contributed by atoms with van der Waals surface area (Å²) in [5.74, 6) is 4.46. The maximum absolute atomic E-state index is 2.49. The van der Waals surface area contributed by atoms with Gasteiger partial charge in [0, 0.05) is 0 Å². The van der Waals surface area contributed by atoms with Gasteiger partial charge in [-0.2, -0.15) is 0 Å². The molecule has 0 aromatic carbocycles. The molecule has 23 heavy (non-hydrogen) atoms. The normalized spacial score (nSPS) is 19.2. The van der Waals surface area contributed by atoms with Gasteiger partial charge in [0.2, 0.25) is 0 Å². The molecule has 0 saturated carbocycles. The molecule has 0 aliphatic rings. The predicted molar refractivity (Wildman–Crippen MR) is 108 cm³/mol. The molecule has 0 fully saturated rings. The van der Waals surface area contributed by atoms with Crippen molar-refractivity contribution in [1.29, 1.82) is 0 Å². The van der Waals surface area contributed by atoms with Crippen LogP contribution in [0.1, 0.15) is 114 Å². The third-order valence-electron chi connectivity index (χ3n) is 7.04. The highest BCUT2D eigenvalue weighted by Gasteiger charge is 2.21. The van der Waals surface area contributed by atoms with Gasteiger partial charge in [0.1, 0.15) is 0 Å². The molecule has 0 heterocycles. The van der Waals surface area contributed by atoms with Crippen molar-refractivity contribution < 1.29 is 0 Å². The van der Waals surface area contributed by atoms with Crippen molar-refractivity contribution in [3.63, 3.8) is 0 Å². The van der Waals surface area contributed by atoms with Gasteiger partial charge in [-0.15, -0.1) is 0 Å². The van der Waals surface area contributed by atoms with Crippen molar-refractivity contribution in [3.05, 3.63) is 0 Å². The van der Waals surface area contributed by atoms with Crippen LogP contribution in [0.3, 0.4) is 0 Å². The second-order valence-corrected chi connectivity index (χ2v) is 9.47. The standard InChI is InChI=1S/C23H48/c1-10-19(5)21(7)20(6)17-18(4)13-14-22(11-2)15-16-23(8,9)12-3/h18-22H,10-17H2,1-9H3. The fourth-order valence-electron chi connectivity index (χ4n) is 3.74. The molecule has 0 rings (SSSR count). The summed E-state index contributed by atoms with van der Waals surface area (Å²) in [6.45, 7) is 21.8. The van der Waals surface area contributed by atoms with Crippen molar-refractivity contribution in [2.24, 2.45) is 35.0 Å². The molecular formula is C23H48. The lowest BCUT2D eigenvalue weighted by atomic mass is 9.77. The highest BCUT2D eigenvalue weighted by atomic mass is 14.3. The SMILES string of the molecule is CCC(CCC(C)CC(C)C(C)C(C)CC)CCC(C)(C)CC. The molecule has 0 aromatic heterocycles. The highest BCUT2D eigenvalue weighted by molar-refractivity contribution is 4.72. The minimum Gasteiger partial charge on any atom is -0.0651 e. The maximum atomic E-state index is 2.49. The van der Waals surface area contributed by atoms with Gasteiger partial charge < -0.3 is 0 Å². The third kappa shape index (κ3) is 9.78. The molecule has 0 aliphatic heterocycles. The van der Waals surface area contributed by atoms with Crippen molar-refractivity contribution in [2.75, 3.05) is 0 Å². The summed E-state index contributed by atoms with van der Waals surface area (Å²) >= 11 is 0. The van der Waals surface area contributed by atoms with Gasteiger partial charge in [-0.1, -0.05) is 94.4 Å². The zero-order valence-corrected chi connectivity index (χ0v) is 18.0. The second-order valence-electron chi connectivity index (χ2n) is 9.47. The van der Waals surface area contributed by atoms with E-state index in [0.29, 0.717) is 5.41 Å². The molecule has 0 nitrogen and oxygen atoms in total. The first-order valence-electron chi connectivity index (χ1n) is 10.7. The molecule has 0 aromatic rings. The zero-order valence-electron chi connectivity index (χ0n) is 18.0. The molecule has 5 unspecified atom stereocenters. The van der Waals surface area contributed by atoms with Gasteiger partial charge in [0.25, 0.3) is 0 Å². The summed E-state index contributed by atoms with van der Waals surface area (Å²) < 4.78 is 0. The van der Waals surface area contributed by atoms with Crippen LogP contribution < -0.4 is 0 Å². The fourth-order valence-corrected chi connectivity index (χ4v) is 3.74. The average Bonchev–Trinajstić information content (AvgIpc) is 2.53. The van der Waals surface area contributed by atoms with Gasteiger partial charge in [-0.25, -0.2) is 0 Å². The lowest BCUT2D eigenvalue weighted by Gasteiger charge is -2.29. The fraction of sp³-hybridized carbons (Fsp3) is 1.00. The van der Waals surface area contributed by atoms with E-state index in [2.05, 4.69) is 62.3 Å². The first kappa shape index (κ1) is 23.0. The van der Waals surface area contributed by atoms with Gasteiger partial charge in [0.15, 0.2) is 0 Å².